The molecule has 35 heavy (non-hydrogen) atoms. The van der Waals surface area contributed by atoms with Crippen LogP contribution in [0.4, 0.5) is 5.69 Å². The maximum Gasteiger partial charge on any atom is 0.335 e. The van der Waals surface area contributed by atoms with Crippen LogP contribution in [0.2, 0.25) is 10.0 Å². The quantitative estimate of drug-likeness (QED) is 0.514. The molecule has 3 aromatic rings. The zero-order valence-corrected chi connectivity index (χ0v) is 21.1. The molecule has 9 nitrogen and oxygen atoms in total. The number of hydrogen-bond donors (Lipinski definition) is 1. The topological polar surface area (TPSA) is 99.8 Å². The van der Waals surface area contributed by atoms with E-state index < -0.39 is 23.3 Å². The van der Waals surface area contributed by atoms with Crippen molar-refractivity contribution < 1.29 is 14.2 Å². The second kappa shape index (κ2) is 10.4. The lowest BCUT2D eigenvalue weighted by molar-refractivity contribution is -0.139. The van der Waals surface area contributed by atoms with Crippen LogP contribution in [0.1, 0.15) is 26.3 Å². The molecule has 1 aliphatic heterocycles. The van der Waals surface area contributed by atoms with Gasteiger partial charge in [-0.3, -0.25) is 9.55 Å². The summed E-state index contributed by atoms with van der Waals surface area (Å²) in [5.41, 5.74) is 0.192. The molecule has 11 heteroatoms. The summed E-state index contributed by atoms with van der Waals surface area (Å²) in [4.78, 5) is 33.7. The number of nitrogens with zero attached hydrogens (tertiary/aromatic N) is 3. The third-order valence-electron chi connectivity index (χ3n) is 5.34. The van der Waals surface area contributed by atoms with Crippen LogP contribution >= 0.6 is 23.2 Å². The normalized spacial score (nSPS) is 17.6. The van der Waals surface area contributed by atoms with E-state index in [1.165, 1.54) is 4.57 Å². The maximum absolute atomic E-state index is 13.5. The molecule has 1 N–H and O–H groups in total. The average molecular weight is 521 g/mol. The van der Waals surface area contributed by atoms with Crippen molar-refractivity contribution in [3.63, 3.8) is 0 Å². The number of rotatable bonds is 7. The zero-order valence-electron chi connectivity index (χ0n) is 19.6. The second-order valence-electron chi connectivity index (χ2n) is 8.47. The van der Waals surface area contributed by atoms with Gasteiger partial charge in [0.05, 0.1) is 37.0 Å². The largest absolute Gasteiger partial charge is 0.492 e. The lowest BCUT2D eigenvalue weighted by atomic mass is 10.2. The van der Waals surface area contributed by atoms with Gasteiger partial charge in [-0.05, 0) is 56.7 Å². The van der Waals surface area contributed by atoms with Crippen LogP contribution in [0.3, 0.4) is 0 Å². The van der Waals surface area contributed by atoms with Crippen LogP contribution in [0, 0.1) is 0 Å². The van der Waals surface area contributed by atoms with Gasteiger partial charge in [-0.15, -0.1) is 0 Å². The van der Waals surface area contributed by atoms with Crippen molar-refractivity contribution in [2.75, 3.05) is 13.2 Å². The summed E-state index contributed by atoms with van der Waals surface area (Å²) < 4.78 is 19.3. The van der Waals surface area contributed by atoms with Gasteiger partial charge < -0.3 is 14.2 Å². The first-order chi connectivity index (χ1) is 16.6. The zero-order chi connectivity index (χ0) is 25.2. The highest BCUT2D eigenvalue weighted by Crippen LogP contribution is 2.28. The molecule has 1 atom stereocenters. The highest BCUT2D eigenvalue weighted by molar-refractivity contribution is 6.32. The van der Waals surface area contributed by atoms with Crippen molar-refractivity contribution in [3.8, 4) is 5.75 Å². The second-order valence-corrected chi connectivity index (χ2v) is 9.31. The summed E-state index contributed by atoms with van der Waals surface area (Å²) in [6.07, 6.45) is -0.444. The summed E-state index contributed by atoms with van der Waals surface area (Å²) in [6.45, 7) is 6.35. The average Bonchev–Trinajstić information content (AvgIpc) is 3.15. The predicted molar refractivity (Wildman–Crippen MR) is 133 cm³/mol. The number of benzene rings is 2. The van der Waals surface area contributed by atoms with Crippen molar-refractivity contribution in [3.05, 3.63) is 84.7 Å². The fraction of sp³-hybridized carbons (Fsp3) is 0.375. The summed E-state index contributed by atoms with van der Waals surface area (Å²) in [6, 6.07) is 12.1. The SMILES string of the molecule is CCOc1ccc(/N=c2\[nH]c(=O)n(C[C@H]3COC(C)(C)O3)c(=O)n2Cc2ccc(Cl)cc2)cc1Cl. The van der Waals surface area contributed by atoms with Crippen molar-refractivity contribution in [1.82, 2.24) is 14.1 Å². The maximum atomic E-state index is 13.5. The number of hydrogen-bond acceptors (Lipinski definition) is 6. The molecular formula is C24H26Cl2N4O5. The smallest absolute Gasteiger partial charge is 0.335 e. The predicted octanol–water partition coefficient (Wildman–Crippen LogP) is 3.48. The van der Waals surface area contributed by atoms with Gasteiger partial charge in [0.15, 0.2) is 5.79 Å². The van der Waals surface area contributed by atoms with Crippen molar-refractivity contribution in [2.45, 2.75) is 45.8 Å². The van der Waals surface area contributed by atoms with Crippen molar-refractivity contribution in [2.24, 2.45) is 4.99 Å². The van der Waals surface area contributed by atoms with Gasteiger partial charge in [-0.2, -0.15) is 0 Å². The van der Waals surface area contributed by atoms with E-state index >= 15 is 0 Å². The van der Waals surface area contributed by atoms with Gasteiger partial charge in [0, 0.05) is 5.02 Å². The summed E-state index contributed by atoms with van der Waals surface area (Å²) in [7, 11) is 0. The van der Waals surface area contributed by atoms with Gasteiger partial charge >= 0.3 is 11.4 Å². The van der Waals surface area contributed by atoms with E-state index in [-0.39, 0.29) is 25.3 Å². The summed E-state index contributed by atoms with van der Waals surface area (Å²) in [5, 5.41) is 0.946. The molecule has 0 bridgehead atoms. The molecular weight excluding hydrogens is 495 g/mol. The molecule has 1 fully saturated rings. The molecule has 0 aliphatic carbocycles. The van der Waals surface area contributed by atoms with Crippen LogP contribution in [0.25, 0.3) is 0 Å². The molecule has 1 saturated heterocycles. The minimum absolute atomic E-state index is 0.0351. The van der Waals surface area contributed by atoms with E-state index in [0.29, 0.717) is 28.1 Å². The minimum atomic E-state index is -0.775. The molecule has 0 saturated carbocycles. The molecule has 4 rings (SSSR count). The van der Waals surface area contributed by atoms with E-state index in [0.717, 1.165) is 10.1 Å². The first-order valence-electron chi connectivity index (χ1n) is 11.1. The monoisotopic (exact) mass is 520 g/mol. The molecule has 0 unspecified atom stereocenters. The van der Waals surface area contributed by atoms with Crippen molar-refractivity contribution >= 4 is 28.9 Å². The Morgan fingerprint density at radius 3 is 2.51 bits per heavy atom. The molecule has 0 radical (unpaired) electrons. The Morgan fingerprint density at radius 1 is 1.14 bits per heavy atom. The van der Waals surface area contributed by atoms with E-state index in [1.54, 1.807) is 56.3 Å². The molecule has 2 heterocycles. The number of aromatic nitrogens is 3. The Labute approximate surface area is 211 Å². The fourth-order valence-electron chi connectivity index (χ4n) is 3.73. The fourth-order valence-corrected chi connectivity index (χ4v) is 4.08. The number of aromatic amines is 1. The van der Waals surface area contributed by atoms with Crippen LogP contribution in [-0.2, 0) is 22.6 Å². The number of halogens is 2. The highest BCUT2D eigenvalue weighted by atomic mass is 35.5. The van der Waals surface area contributed by atoms with E-state index in [1.807, 2.05) is 6.92 Å². The molecule has 186 valence electrons. The van der Waals surface area contributed by atoms with Crippen LogP contribution < -0.4 is 21.7 Å². The third-order valence-corrected chi connectivity index (χ3v) is 5.89. The Hall–Kier alpha value is -2.85. The number of H-pyrrole nitrogens is 1. The third kappa shape index (κ3) is 6.05. The molecule has 0 spiro atoms. The Kier molecular flexibility index (Phi) is 7.51. The number of nitrogens with one attached hydrogen (secondary N) is 1. The van der Waals surface area contributed by atoms with Gasteiger partial charge in [0.1, 0.15) is 11.9 Å². The van der Waals surface area contributed by atoms with Gasteiger partial charge in [0.2, 0.25) is 5.62 Å². The van der Waals surface area contributed by atoms with Crippen LogP contribution in [0.5, 0.6) is 5.75 Å². The Balaban J connectivity index is 1.80. The summed E-state index contributed by atoms with van der Waals surface area (Å²) in [5.74, 6) is -0.254. The van der Waals surface area contributed by atoms with E-state index in [9.17, 15) is 9.59 Å². The van der Waals surface area contributed by atoms with Crippen LogP contribution in [0.15, 0.2) is 57.0 Å². The van der Waals surface area contributed by atoms with Gasteiger partial charge in [-0.1, -0.05) is 35.3 Å². The van der Waals surface area contributed by atoms with Crippen LogP contribution in [-0.4, -0.2) is 39.2 Å². The molecule has 2 aromatic carbocycles. The Morgan fingerprint density at radius 2 is 1.89 bits per heavy atom. The lowest BCUT2D eigenvalue weighted by Gasteiger charge is -2.18. The lowest BCUT2D eigenvalue weighted by Crippen LogP contribution is -2.51. The molecule has 0 amide bonds. The first kappa shape index (κ1) is 25.2. The molecule has 1 aromatic heterocycles. The Bertz CT molecular complexity index is 1390. The van der Waals surface area contributed by atoms with Gasteiger partial charge in [-0.25, -0.2) is 19.1 Å². The minimum Gasteiger partial charge on any atom is -0.492 e. The number of ether oxygens (including phenoxy) is 3. The highest BCUT2D eigenvalue weighted by Gasteiger charge is 2.33. The van der Waals surface area contributed by atoms with Crippen molar-refractivity contribution in [1.29, 1.82) is 0 Å². The van der Waals surface area contributed by atoms with E-state index in [2.05, 4.69) is 9.98 Å². The summed E-state index contributed by atoms with van der Waals surface area (Å²) >= 11 is 12.3. The van der Waals surface area contributed by atoms with Gasteiger partial charge in [0.25, 0.3) is 0 Å². The standard InChI is InChI=1S/C24H26Cl2N4O5/c1-4-33-20-10-9-17(11-19(20)26)27-21-28-22(31)30(13-18-14-34-24(2,3)35-18)23(32)29(21)12-15-5-7-16(25)8-6-15/h5-11,18H,4,12-14H2,1-3H3,(H,27,28,31)/t18-/m0/s1. The van der Waals surface area contributed by atoms with E-state index in [4.69, 9.17) is 37.4 Å². The first-order valence-corrected chi connectivity index (χ1v) is 11.9. The molecule has 1 aliphatic rings.